The molecule has 5 aliphatic carbocycles. The monoisotopic (exact) mass is 1330 g/mol. The Morgan fingerprint density at radius 2 is 0.558 bits per heavy atom. The van der Waals surface area contributed by atoms with Gasteiger partial charge >= 0.3 is 0 Å². The van der Waals surface area contributed by atoms with E-state index in [9.17, 15) is 0 Å². The molecule has 6 heteroatoms. The van der Waals surface area contributed by atoms with Crippen molar-refractivity contribution in [2.24, 2.45) is 11.8 Å². The summed E-state index contributed by atoms with van der Waals surface area (Å²) in [5, 5.41) is 0. The molecule has 20 rings (SSSR count). The molecule has 15 aromatic rings. The molecule has 4 atom stereocenters. The van der Waals surface area contributed by atoms with Crippen molar-refractivity contribution in [1.29, 1.82) is 0 Å². The van der Waals surface area contributed by atoms with Crippen molar-refractivity contribution >= 4 is 0 Å². The number of hydrogen-bond donors (Lipinski definition) is 0. The number of aromatic nitrogens is 6. The summed E-state index contributed by atoms with van der Waals surface area (Å²) >= 11 is 0. The van der Waals surface area contributed by atoms with Crippen LogP contribution in [0.15, 0.2) is 303 Å². The molecule has 2 fully saturated rings. The maximum absolute atomic E-state index is 5.25. The topological polar surface area (TPSA) is 77.3 Å². The molecule has 2 saturated carbocycles. The van der Waals surface area contributed by atoms with E-state index in [2.05, 4.69) is 289 Å². The lowest BCUT2D eigenvalue weighted by atomic mass is 9.69. The molecule has 0 amide bonds. The van der Waals surface area contributed by atoms with E-state index in [0.717, 1.165) is 50.4 Å². The van der Waals surface area contributed by atoms with Crippen molar-refractivity contribution in [3.63, 3.8) is 0 Å². The molecule has 0 radical (unpaired) electrons. The van der Waals surface area contributed by atoms with Gasteiger partial charge in [-0.1, -0.05) is 301 Å². The van der Waals surface area contributed by atoms with Gasteiger partial charge in [-0.05, 0) is 202 Å². The largest absolute Gasteiger partial charge is 0.208 e. The molecule has 0 N–H and O–H groups in total. The second-order valence-electron chi connectivity index (χ2n) is 30.5. The van der Waals surface area contributed by atoms with Crippen molar-refractivity contribution in [1.82, 2.24) is 29.9 Å². The van der Waals surface area contributed by atoms with Crippen LogP contribution in [0.4, 0.5) is 0 Å². The third-order valence-corrected chi connectivity index (χ3v) is 23.8. The van der Waals surface area contributed by atoms with Crippen LogP contribution < -0.4 is 0 Å². The molecule has 3 bridgehead atoms. The summed E-state index contributed by atoms with van der Waals surface area (Å²) in [6, 6.07) is 111. The molecule has 6 nitrogen and oxygen atoms in total. The SMILES string of the molecule is CC1(C)c2cc(-c3ccc(-c4ccc5c(c4)-c4c(-c6ccc7c(c6)C(C)(C)c6cc(-c8nc(-c9ccccc9)nc(-c9ccc(-c%10ccccc%10)cc9)n8)ccc6-7)cccc4C4CC6CC(C4)C5C6)cc3)ccc2-c2ccc(-c3nc(-c4ccccc4)nc(-c4ccc(-c5ccccc5)cc4)n3)cc21. The maximum Gasteiger partial charge on any atom is 0.164 e. The smallest absolute Gasteiger partial charge is 0.164 e. The zero-order chi connectivity index (χ0) is 69.4. The predicted octanol–water partition coefficient (Wildman–Crippen LogP) is 24.7. The van der Waals surface area contributed by atoms with E-state index < -0.39 is 0 Å². The predicted molar refractivity (Wildman–Crippen MR) is 425 cm³/mol. The minimum Gasteiger partial charge on any atom is -0.208 e. The lowest BCUT2D eigenvalue weighted by Crippen LogP contribution is -2.19. The zero-order valence-corrected chi connectivity index (χ0v) is 58.7. The van der Waals surface area contributed by atoms with Crippen LogP contribution in [0.2, 0.25) is 0 Å². The van der Waals surface area contributed by atoms with Crippen LogP contribution in [0, 0.1) is 11.8 Å². The molecular formula is C98H74N6. The zero-order valence-electron chi connectivity index (χ0n) is 58.7. The van der Waals surface area contributed by atoms with Gasteiger partial charge in [0, 0.05) is 44.2 Å². The Bertz CT molecular complexity index is 5910. The summed E-state index contributed by atoms with van der Waals surface area (Å²) in [7, 11) is 0. The summed E-state index contributed by atoms with van der Waals surface area (Å²) in [5.74, 6) is 6.50. The molecule has 2 heterocycles. The molecule has 0 saturated heterocycles. The molecule has 0 spiro atoms. The van der Waals surface area contributed by atoms with Gasteiger partial charge in [0.25, 0.3) is 0 Å². The Balaban J connectivity index is 0.610. The fraction of sp³-hybridized carbons (Fsp3) is 0.143. The maximum atomic E-state index is 5.25. The van der Waals surface area contributed by atoms with Crippen LogP contribution in [0.25, 0.3) is 157 Å². The first kappa shape index (κ1) is 61.7. The Morgan fingerprint density at radius 3 is 1.01 bits per heavy atom. The van der Waals surface area contributed by atoms with E-state index in [1.807, 2.05) is 42.5 Å². The van der Waals surface area contributed by atoms with E-state index in [-0.39, 0.29) is 10.8 Å². The van der Waals surface area contributed by atoms with E-state index in [0.29, 0.717) is 52.7 Å². The van der Waals surface area contributed by atoms with Crippen molar-refractivity contribution in [3.8, 4) is 157 Å². The van der Waals surface area contributed by atoms with Crippen LogP contribution in [-0.2, 0) is 10.8 Å². The van der Waals surface area contributed by atoms with Crippen molar-refractivity contribution < 1.29 is 0 Å². The van der Waals surface area contributed by atoms with Crippen LogP contribution >= 0.6 is 0 Å². The highest BCUT2D eigenvalue weighted by Crippen LogP contribution is 2.61. The van der Waals surface area contributed by atoms with Gasteiger partial charge in [0.15, 0.2) is 34.9 Å². The highest BCUT2D eigenvalue weighted by molar-refractivity contribution is 5.94. The van der Waals surface area contributed by atoms with Crippen LogP contribution in [0.5, 0.6) is 0 Å². The van der Waals surface area contributed by atoms with Crippen molar-refractivity contribution in [3.05, 3.63) is 337 Å². The third kappa shape index (κ3) is 10.4. The van der Waals surface area contributed by atoms with E-state index in [4.69, 9.17) is 29.9 Å². The van der Waals surface area contributed by atoms with Crippen LogP contribution in [0.3, 0.4) is 0 Å². The number of nitrogens with zero attached hydrogens (tertiary/aromatic N) is 6. The van der Waals surface area contributed by atoms with Gasteiger partial charge in [-0.25, -0.2) is 29.9 Å². The molecule has 0 aliphatic heterocycles. The lowest BCUT2D eigenvalue weighted by Gasteiger charge is -2.35. The lowest BCUT2D eigenvalue weighted by molar-refractivity contribution is 0.312. The van der Waals surface area contributed by atoms with Gasteiger partial charge in [-0.15, -0.1) is 0 Å². The summed E-state index contributed by atoms with van der Waals surface area (Å²) in [6.45, 7) is 9.52. The molecular weight excluding hydrogens is 1260 g/mol. The van der Waals surface area contributed by atoms with Gasteiger partial charge in [0.1, 0.15) is 0 Å². The molecule has 4 unspecified atom stereocenters. The summed E-state index contributed by atoms with van der Waals surface area (Å²) in [6.07, 6.45) is 5.17. The fourth-order valence-corrected chi connectivity index (χ4v) is 18.5. The number of benzene rings is 13. The second kappa shape index (κ2) is 24.3. The van der Waals surface area contributed by atoms with Gasteiger partial charge in [-0.3, -0.25) is 0 Å². The first-order chi connectivity index (χ1) is 51.0. The van der Waals surface area contributed by atoms with Crippen molar-refractivity contribution in [2.75, 3.05) is 0 Å². The fourth-order valence-electron chi connectivity index (χ4n) is 18.5. The van der Waals surface area contributed by atoms with E-state index in [1.54, 1.807) is 0 Å². The first-order valence-corrected chi connectivity index (χ1v) is 36.9. The Kier molecular flexibility index (Phi) is 14.4. The quantitative estimate of drug-likeness (QED) is 0.128. The van der Waals surface area contributed by atoms with E-state index in [1.165, 1.54) is 137 Å². The molecule has 104 heavy (non-hydrogen) atoms. The third-order valence-electron chi connectivity index (χ3n) is 23.8. The summed E-state index contributed by atoms with van der Waals surface area (Å²) in [4.78, 5) is 31.0. The minimum absolute atomic E-state index is 0.281. The normalized spacial score (nSPS) is 17.2. The average molecular weight is 1340 g/mol. The van der Waals surface area contributed by atoms with Crippen molar-refractivity contribution in [2.45, 2.75) is 76.0 Å². The second-order valence-corrected chi connectivity index (χ2v) is 30.5. The number of hydrogen-bond acceptors (Lipinski definition) is 6. The van der Waals surface area contributed by atoms with Gasteiger partial charge in [0.2, 0.25) is 0 Å². The summed E-state index contributed by atoms with van der Waals surface area (Å²) in [5.41, 5.74) is 33.5. The minimum atomic E-state index is -0.305. The first-order valence-electron chi connectivity index (χ1n) is 36.9. The van der Waals surface area contributed by atoms with Crippen LogP contribution in [0.1, 0.15) is 98.6 Å². The average Bonchev–Trinajstić information content (AvgIpc) is 1.59. The molecule has 5 aliphatic rings. The van der Waals surface area contributed by atoms with Gasteiger partial charge in [-0.2, -0.15) is 0 Å². The number of rotatable bonds is 11. The standard InChI is InChI=1S/C98H74N6/c1-97(2)86-55-71(41-46-80(86)82-48-43-73(57-88(82)97)95-101-91(66-22-13-7-14-23-66)99-93(103-95)68-36-32-62(33-37-68)60-18-9-5-10-19-60)65-30-28-64(29-31-65)70-40-45-79-84-52-59-50-75(53-76(84)51-59)78-27-17-26-77(90(78)85(79)54-70)72-42-47-81-83-49-44-74(58-89(83)98(3,4)87(81)56-72)96-102-92(67-24-15-8-16-25-67)100-94(104-96)69-38-34-63(35-39-69)61-20-11-6-12-21-61/h5-49,54-59,75-76,84H,50-53H2,1-4H3. The van der Waals surface area contributed by atoms with Crippen LogP contribution in [-0.4, -0.2) is 29.9 Å². The Hall–Kier alpha value is -12.1. The Labute approximate surface area is 608 Å². The molecule has 2 aromatic heterocycles. The van der Waals surface area contributed by atoms with Gasteiger partial charge in [0.05, 0.1) is 0 Å². The highest BCUT2D eigenvalue weighted by atomic mass is 15.0. The van der Waals surface area contributed by atoms with Gasteiger partial charge < -0.3 is 0 Å². The molecule has 13 aromatic carbocycles. The van der Waals surface area contributed by atoms with E-state index >= 15 is 0 Å². The molecule has 496 valence electrons. The highest BCUT2D eigenvalue weighted by Gasteiger charge is 2.46. The number of fused-ring (bicyclic) bond motifs is 13. The summed E-state index contributed by atoms with van der Waals surface area (Å²) < 4.78 is 0. The Morgan fingerprint density at radius 1 is 0.231 bits per heavy atom.